The third-order valence-corrected chi connectivity index (χ3v) is 7.09. The second-order valence-corrected chi connectivity index (χ2v) is 9.77. The summed E-state index contributed by atoms with van der Waals surface area (Å²) in [6, 6.07) is 24.8. The summed E-state index contributed by atoms with van der Waals surface area (Å²) in [5.41, 5.74) is 2.80. The molecule has 0 saturated carbocycles. The van der Waals surface area contributed by atoms with Crippen LogP contribution in [0.15, 0.2) is 89.8 Å². The molecule has 6 nitrogen and oxygen atoms in total. The van der Waals surface area contributed by atoms with Crippen LogP contribution < -0.4 is 10.1 Å². The highest BCUT2D eigenvalue weighted by Gasteiger charge is 2.22. The van der Waals surface area contributed by atoms with E-state index in [1.54, 1.807) is 18.2 Å². The van der Waals surface area contributed by atoms with Crippen molar-refractivity contribution in [3.8, 4) is 5.75 Å². The number of nitrogens with zero attached hydrogens (tertiary/aromatic N) is 1. The Morgan fingerprint density at radius 1 is 0.970 bits per heavy atom. The van der Waals surface area contributed by atoms with Crippen LogP contribution in [-0.2, 0) is 14.8 Å². The molecule has 0 aromatic heterocycles. The van der Waals surface area contributed by atoms with E-state index in [1.165, 1.54) is 33.3 Å². The van der Waals surface area contributed by atoms with Crippen molar-refractivity contribution in [3.63, 3.8) is 0 Å². The molecule has 3 rings (SSSR count). The topological polar surface area (TPSA) is 75.7 Å². The number of hydrogen-bond donors (Lipinski definition) is 1. The zero-order chi connectivity index (χ0) is 23.8. The molecule has 0 spiro atoms. The van der Waals surface area contributed by atoms with Gasteiger partial charge in [0.05, 0.1) is 7.11 Å². The maximum atomic E-state index is 12.6. The van der Waals surface area contributed by atoms with E-state index in [9.17, 15) is 13.2 Å². The number of nitrogens with one attached hydrogen (secondary N) is 1. The molecule has 1 amide bonds. The van der Waals surface area contributed by atoms with E-state index in [0.717, 1.165) is 15.4 Å². The van der Waals surface area contributed by atoms with Crippen molar-refractivity contribution >= 4 is 22.0 Å². The van der Waals surface area contributed by atoms with Gasteiger partial charge in [0.15, 0.2) is 0 Å². The molecule has 0 radical (unpaired) electrons. The van der Waals surface area contributed by atoms with Crippen molar-refractivity contribution < 1.29 is 17.9 Å². The van der Waals surface area contributed by atoms with Gasteiger partial charge >= 0.3 is 0 Å². The van der Waals surface area contributed by atoms with E-state index in [1.807, 2.05) is 60.7 Å². The lowest BCUT2D eigenvalue weighted by Gasteiger charge is -2.18. The summed E-state index contributed by atoms with van der Waals surface area (Å²) in [6.07, 6.45) is 2.99. The molecule has 0 saturated heterocycles. The Hall–Kier alpha value is -3.42. The minimum Gasteiger partial charge on any atom is -0.495 e. The van der Waals surface area contributed by atoms with Crippen LogP contribution in [-0.4, -0.2) is 46.4 Å². The maximum absolute atomic E-state index is 12.6. The van der Waals surface area contributed by atoms with Gasteiger partial charge < -0.3 is 10.1 Å². The first-order valence-corrected chi connectivity index (χ1v) is 11.9. The highest BCUT2D eigenvalue weighted by molar-refractivity contribution is 7.89. The molecule has 0 heterocycles. The van der Waals surface area contributed by atoms with Crippen molar-refractivity contribution in [2.75, 3.05) is 27.7 Å². The number of hydrogen-bond acceptors (Lipinski definition) is 4. The number of benzene rings is 3. The molecule has 0 atom stereocenters. The van der Waals surface area contributed by atoms with Crippen LogP contribution >= 0.6 is 0 Å². The Morgan fingerprint density at radius 3 is 2.06 bits per heavy atom. The van der Waals surface area contributed by atoms with Crippen LogP contribution in [0, 0.1) is 0 Å². The lowest BCUT2D eigenvalue weighted by molar-refractivity contribution is -0.116. The molecule has 3 aromatic rings. The molecule has 7 heteroatoms. The van der Waals surface area contributed by atoms with Gasteiger partial charge in [-0.25, -0.2) is 12.7 Å². The number of rotatable bonds is 9. The molecule has 3 aromatic carbocycles. The van der Waals surface area contributed by atoms with Crippen LogP contribution in [0.3, 0.4) is 0 Å². The summed E-state index contributed by atoms with van der Waals surface area (Å²) in [5, 5.41) is 2.96. The minimum absolute atomic E-state index is 0.0163. The Balaban J connectivity index is 1.75. The Morgan fingerprint density at radius 2 is 1.55 bits per heavy atom. The smallest absolute Gasteiger partial charge is 0.246 e. The normalized spacial score (nSPS) is 11.8. The zero-order valence-corrected chi connectivity index (χ0v) is 19.7. The molecule has 0 unspecified atom stereocenters. The standard InChI is InChI=1S/C26H28N2O4S/c1-28(2)33(30,31)25-18-20(14-16-24(25)32-3)15-17-26(29)27-19-23(21-10-6-4-7-11-21)22-12-8-5-9-13-22/h4-18,23H,19H2,1-3H3,(H,27,29)/b17-15+. The molecule has 1 N–H and O–H groups in total. The quantitative estimate of drug-likeness (QED) is 0.487. The van der Waals surface area contributed by atoms with Crippen LogP contribution in [0.4, 0.5) is 0 Å². The van der Waals surface area contributed by atoms with Crippen LogP contribution in [0.5, 0.6) is 5.75 Å². The summed E-state index contributed by atoms with van der Waals surface area (Å²) < 4.78 is 31.5. The highest BCUT2D eigenvalue weighted by atomic mass is 32.2. The van der Waals surface area contributed by atoms with Crippen LogP contribution in [0.1, 0.15) is 22.6 Å². The second kappa shape index (κ2) is 10.9. The van der Waals surface area contributed by atoms with E-state index in [2.05, 4.69) is 5.32 Å². The van der Waals surface area contributed by atoms with Crippen molar-refractivity contribution in [2.24, 2.45) is 0 Å². The number of methoxy groups -OCH3 is 1. The monoisotopic (exact) mass is 464 g/mol. The van der Waals surface area contributed by atoms with Gasteiger partial charge in [0.1, 0.15) is 10.6 Å². The molecular weight excluding hydrogens is 436 g/mol. The first-order valence-electron chi connectivity index (χ1n) is 10.5. The fourth-order valence-electron chi connectivity index (χ4n) is 3.43. The van der Waals surface area contributed by atoms with Gasteiger partial charge in [-0.05, 0) is 34.9 Å². The predicted molar refractivity (Wildman–Crippen MR) is 131 cm³/mol. The summed E-state index contributed by atoms with van der Waals surface area (Å²) in [5.74, 6) is 0.00105. The summed E-state index contributed by atoms with van der Waals surface area (Å²) in [4.78, 5) is 12.6. The lowest BCUT2D eigenvalue weighted by atomic mass is 9.91. The van der Waals surface area contributed by atoms with Gasteiger partial charge in [-0.3, -0.25) is 4.79 Å². The third kappa shape index (κ3) is 6.09. The lowest BCUT2D eigenvalue weighted by Crippen LogP contribution is -2.27. The molecule has 172 valence electrons. The third-order valence-electron chi connectivity index (χ3n) is 5.26. The van der Waals surface area contributed by atoms with Crippen molar-refractivity contribution in [1.29, 1.82) is 0 Å². The zero-order valence-electron chi connectivity index (χ0n) is 18.9. The van der Waals surface area contributed by atoms with E-state index < -0.39 is 10.0 Å². The largest absolute Gasteiger partial charge is 0.495 e. The van der Waals surface area contributed by atoms with E-state index in [-0.39, 0.29) is 22.5 Å². The maximum Gasteiger partial charge on any atom is 0.246 e. The van der Waals surface area contributed by atoms with Crippen molar-refractivity contribution in [2.45, 2.75) is 10.8 Å². The predicted octanol–water partition coefficient (Wildman–Crippen LogP) is 3.91. The van der Waals surface area contributed by atoms with Gasteiger partial charge in [-0.15, -0.1) is 0 Å². The Kier molecular flexibility index (Phi) is 8.03. The molecule has 33 heavy (non-hydrogen) atoms. The summed E-state index contributed by atoms with van der Waals surface area (Å²) in [6.45, 7) is 0.431. The van der Waals surface area contributed by atoms with Crippen LogP contribution in [0.2, 0.25) is 0 Å². The average Bonchev–Trinajstić information content (AvgIpc) is 2.84. The van der Waals surface area contributed by atoms with Crippen molar-refractivity contribution in [1.82, 2.24) is 9.62 Å². The first-order chi connectivity index (χ1) is 15.8. The number of amides is 1. The molecular formula is C26H28N2O4S. The summed E-state index contributed by atoms with van der Waals surface area (Å²) in [7, 11) is 0.648. The summed E-state index contributed by atoms with van der Waals surface area (Å²) >= 11 is 0. The molecule has 0 bridgehead atoms. The first kappa shape index (κ1) is 24.2. The number of carbonyl (C=O) groups is 1. The van der Waals surface area contributed by atoms with Crippen LogP contribution in [0.25, 0.3) is 6.08 Å². The van der Waals surface area contributed by atoms with E-state index in [4.69, 9.17) is 4.74 Å². The van der Waals surface area contributed by atoms with Gasteiger partial charge in [-0.1, -0.05) is 66.7 Å². The van der Waals surface area contributed by atoms with Crippen molar-refractivity contribution in [3.05, 3.63) is 102 Å². The Labute approximate surface area is 195 Å². The van der Waals surface area contributed by atoms with Gasteiger partial charge in [0.25, 0.3) is 0 Å². The molecule has 0 aliphatic rings. The van der Waals surface area contributed by atoms with E-state index >= 15 is 0 Å². The Bertz CT molecular complexity index is 1170. The van der Waals surface area contributed by atoms with Gasteiger partial charge in [0.2, 0.25) is 15.9 Å². The fraction of sp³-hybridized carbons (Fsp3) is 0.192. The average molecular weight is 465 g/mol. The number of sulfonamides is 1. The molecule has 0 fully saturated rings. The number of carbonyl (C=O) groups excluding carboxylic acids is 1. The molecule has 0 aliphatic heterocycles. The second-order valence-electron chi connectivity index (χ2n) is 7.65. The van der Waals surface area contributed by atoms with Gasteiger partial charge in [0, 0.05) is 32.6 Å². The highest BCUT2D eigenvalue weighted by Crippen LogP contribution is 2.27. The SMILES string of the molecule is COc1ccc(/C=C/C(=O)NCC(c2ccccc2)c2ccccc2)cc1S(=O)(=O)N(C)C. The molecule has 0 aliphatic carbocycles. The van der Waals surface area contributed by atoms with E-state index in [0.29, 0.717) is 12.1 Å². The number of ether oxygens (including phenoxy) is 1. The van der Waals surface area contributed by atoms with Gasteiger partial charge in [-0.2, -0.15) is 0 Å². The fourth-order valence-corrected chi connectivity index (χ4v) is 4.51. The minimum atomic E-state index is -3.69.